The Morgan fingerprint density at radius 3 is 2.73 bits per heavy atom. The van der Waals surface area contributed by atoms with Gasteiger partial charge in [-0.25, -0.2) is 0 Å². The second-order valence-electron chi connectivity index (χ2n) is 3.23. The molecular weight excluding hydrogens is 190 g/mol. The van der Waals surface area contributed by atoms with E-state index in [1.54, 1.807) is 13.3 Å². The molecule has 2 aromatic rings. The molecule has 0 saturated heterocycles. The summed E-state index contributed by atoms with van der Waals surface area (Å²) in [5.41, 5.74) is 5.05. The van der Waals surface area contributed by atoms with Gasteiger partial charge in [0.25, 0.3) is 0 Å². The number of methoxy groups -OCH3 is 1. The minimum Gasteiger partial charge on any atom is -0.493 e. The fourth-order valence-electron chi connectivity index (χ4n) is 1.35. The molecule has 0 aromatic carbocycles. The van der Waals surface area contributed by atoms with Crippen LogP contribution in [0.4, 0.5) is 5.69 Å². The van der Waals surface area contributed by atoms with E-state index >= 15 is 0 Å². The van der Waals surface area contributed by atoms with E-state index in [9.17, 15) is 0 Å². The van der Waals surface area contributed by atoms with Crippen LogP contribution >= 0.6 is 0 Å². The molecule has 2 rings (SSSR count). The van der Waals surface area contributed by atoms with Gasteiger partial charge in [0.05, 0.1) is 19.0 Å². The third-order valence-electron chi connectivity index (χ3n) is 2.08. The van der Waals surface area contributed by atoms with Crippen molar-refractivity contribution in [3.05, 3.63) is 42.5 Å². The Bertz CT molecular complexity index is 437. The van der Waals surface area contributed by atoms with Gasteiger partial charge in [0.15, 0.2) is 5.75 Å². The minimum atomic E-state index is 0.731. The van der Waals surface area contributed by atoms with E-state index in [2.05, 4.69) is 10.4 Å². The van der Waals surface area contributed by atoms with Gasteiger partial charge in [-0.15, -0.1) is 0 Å². The van der Waals surface area contributed by atoms with Crippen LogP contribution in [-0.4, -0.2) is 16.8 Å². The molecule has 0 amide bonds. The molecule has 2 aromatic heterocycles. The summed E-state index contributed by atoms with van der Waals surface area (Å²) in [7, 11) is 1.63. The molecule has 0 saturated carbocycles. The summed E-state index contributed by atoms with van der Waals surface area (Å²) < 4.78 is 7.07. The number of nitrogens with zero attached hydrogens (tertiary/aromatic N) is 2. The molecule has 0 aliphatic rings. The monoisotopic (exact) mass is 203 g/mol. The lowest BCUT2D eigenvalue weighted by Crippen LogP contribution is -2.07. The van der Waals surface area contributed by atoms with Crippen molar-refractivity contribution >= 4 is 5.69 Å². The predicted octanol–water partition coefficient (Wildman–Crippen LogP) is 2.08. The standard InChI is InChI=1S/C11H13N3O/c1-9-7-10(11(15-2)8-12-9)13-14-5-3-4-6-14/h3-8H,1-2H3,(H,12,13). The molecule has 0 atom stereocenters. The van der Waals surface area contributed by atoms with Crippen molar-refractivity contribution in [2.75, 3.05) is 12.5 Å². The van der Waals surface area contributed by atoms with Gasteiger partial charge in [0, 0.05) is 18.1 Å². The first-order valence-electron chi connectivity index (χ1n) is 4.70. The number of pyridine rings is 1. The van der Waals surface area contributed by atoms with Crippen molar-refractivity contribution < 1.29 is 4.74 Å². The van der Waals surface area contributed by atoms with Gasteiger partial charge in [0.1, 0.15) is 0 Å². The molecule has 1 N–H and O–H groups in total. The summed E-state index contributed by atoms with van der Waals surface area (Å²) in [4.78, 5) is 4.17. The fourth-order valence-corrected chi connectivity index (χ4v) is 1.35. The van der Waals surface area contributed by atoms with Crippen molar-refractivity contribution in [1.29, 1.82) is 0 Å². The first-order valence-corrected chi connectivity index (χ1v) is 4.70. The Balaban J connectivity index is 2.30. The van der Waals surface area contributed by atoms with Gasteiger partial charge >= 0.3 is 0 Å². The molecule has 2 heterocycles. The molecule has 0 aliphatic heterocycles. The van der Waals surface area contributed by atoms with Crippen LogP contribution in [0.25, 0.3) is 0 Å². The van der Waals surface area contributed by atoms with Crippen LogP contribution in [0.2, 0.25) is 0 Å². The van der Waals surface area contributed by atoms with Crippen molar-refractivity contribution in [2.24, 2.45) is 0 Å². The lowest BCUT2D eigenvalue weighted by molar-refractivity contribution is 0.414. The Kier molecular flexibility index (Phi) is 2.58. The Hall–Kier alpha value is -1.97. The highest BCUT2D eigenvalue weighted by atomic mass is 16.5. The summed E-state index contributed by atoms with van der Waals surface area (Å²) >= 11 is 0. The zero-order chi connectivity index (χ0) is 10.7. The summed E-state index contributed by atoms with van der Waals surface area (Å²) in [6.07, 6.45) is 5.56. The number of aryl methyl sites for hydroxylation is 1. The van der Waals surface area contributed by atoms with Gasteiger partial charge in [-0.1, -0.05) is 0 Å². The molecule has 4 nitrogen and oxygen atoms in total. The molecule has 0 fully saturated rings. The molecule has 0 spiro atoms. The molecule has 78 valence electrons. The number of nitrogens with one attached hydrogen (secondary N) is 1. The number of hydrogen-bond acceptors (Lipinski definition) is 3. The summed E-state index contributed by atoms with van der Waals surface area (Å²) in [5, 5.41) is 0. The largest absolute Gasteiger partial charge is 0.493 e. The van der Waals surface area contributed by atoms with E-state index in [0.29, 0.717) is 0 Å². The van der Waals surface area contributed by atoms with Crippen molar-refractivity contribution in [3.63, 3.8) is 0 Å². The number of hydrogen-bond donors (Lipinski definition) is 1. The number of ether oxygens (including phenoxy) is 1. The van der Waals surface area contributed by atoms with Crippen LogP contribution < -0.4 is 10.2 Å². The van der Waals surface area contributed by atoms with Crippen molar-refractivity contribution in [3.8, 4) is 5.75 Å². The Morgan fingerprint density at radius 1 is 1.33 bits per heavy atom. The SMILES string of the molecule is COc1cnc(C)cc1Nn1cccc1. The van der Waals surface area contributed by atoms with E-state index < -0.39 is 0 Å². The summed E-state index contributed by atoms with van der Waals surface area (Å²) in [6.45, 7) is 1.94. The second kappa shape index (κ2) is 4.04. The van der Waals surface area contributed by atoms with Crippen molar-refractivity contribution in [2.45, 2.75) is 6.92 Å². The average molecular weight is 203 g/mol. The van der Waals surface area contributed by atoms with Crippen LogP contribution in [-0.2, 0) is 0 Å². The topological polar surface area (TPSA) is 39.1 Å². The third kappa shape index (κ3) is 2.10. The van der Waals surface area contributed by atoms with Crippen LogP contribution in [0.15, 0.2) is 36.8 Å². The summed E-state index contributed by atoms with van der Waals surface area (Å²) in [5.74, 6) is 0.731. The molecule has 0 aliphatic carbocycles. The highest BCUT2D eigenvalue weighted by molar-refractivity contribution is 5.55. The quantitative estimate of drug-likeness (QED) is 0.830. The molecular formula is C11H13N3O. The second-order valence-corrected chi connectivity index (χ2v) is 3.23. The van der Waals surface area contributed by atoms with Gasteiger partial charge in [-0.3, -0.25) is 15.1 Å². The maximum atomic E-state index is 5.21. The third-order valence-corrected chi connectivity index (χ3v) is 2.08. The molecule has 0 radical (unpaired) electrons. The highest BCUT2D eigenvalue weighted by Crippen LogP contribution is 2.23. The predicted molar refractivity (Wildman–Crippen MR) is 59.0 cm³/mol. The molecule has 0 unspecified atom stereocenters. The Morgan fingerprint density at radius 2 is 2.07 bits per heavy atom. The van der Waals surface area contributed by atoms with E-state index in [1.165, 1.54) is 0 Å². The lowest BCUT2D eigenvalue weighted by atomic mass is 10.3. The molecule has 15 heavy (non-hydrogen) atoms. The normalized spacial score (nSPS) is 10.0. The van der Waals surface area contributed by atoms with Crippen LogP contribution in [0.1, 0.15) is 5.69 Å². The van der Waals surface area contributed by atoms with Gasteiger partial charge in [-0.2, -0.15) is 0 Å². The Labute approximate surface area is 88.5 Å². The maximum Gasteiger partial charge on any atom is 0.162 e. The van der Waals surface area contributed by atoms with E-state index in [1.807, 2.05) is 42.2 Å². The fraction of sp³-hybridized carbons (Fsp3) is 0.182. The van der Waals surface area contributed by atoms with Crippen LogP contribution in [0.5, 0.6) is 5.75 Å². The highest BCUT2D eigenvalue weighted by Gasteiger charge is 2.03. The van der Waals surface area contributed by atoms with Gasteiger partial charge < -0.3 is 4.74 Å². The average Bonchev–Trinajstić information content (AvgIpc) is 2.71. The first-order chi connectivity index (χ1) is 7.29. The van der Waals surface area contributed by atoms with Crippen LogP contribution in [0, 0.1) is 6.92 Å². The zero-order valence-corrected chi connectivity index (χ0v) is 8.77. The first kappa shape index (κ1) is 9.58. The summed E-state index contributed by atoms with van der Waals surface area (Å²) in [6, 6.07) is 5.85. The van der Waals surface area contributed by atoms with Crippen molar-refractivity contribution in [1.82, 2.24) is 9.66 Å². The zero-order valence-electron chi connectivity index (χ0n) is 8.77. The van der Waals surface area contributed by atoms with Gasteiger partial charge in [-0.05, 0) is 25.1 Å². The number of rotatable bonds is 3. The molecule has 4 heteroatoms. The van der Waals surface area contributed by atoms with E-state index in [0.717, 1.165) is 17.1 Å². The number of aromatic nitrogens is 2. The molecule has 0 bridgehead atoms. The van der Waals surface area contributed by atoms with Gasteiger partial charge in [0.2, 0.25) is 0 Å². The van der Waals surface area contributed by atoms with E-state index in [-0.39, 0.29) is 0 Å². The number of anilines is 1. The smallest absolute Gasteiger partial charge is 0.162 e. The van der Waals surface area contributed by atoms with E-state index in [4.69, 9.17) is 4.74 Å². The maximum absolute atomic E-state index is 5.21. The minimum absolute atomic E-state index is 0.731. The van der Waals surface area contributed by atoms with Crippen LogP contribution in [0.3, 0.4) is 0 Å². The lowest BCUT2D eigenvalue weighted by Gasteiger charge is -2.11.